The summed E-state index contributed by atoms with van der Waals surface area (Å²) in [4.78, 5) is 19.6. The van der Waals surface area contributed by atoms with Gasteiger partial charge < -0.3 is 15.0 Å². The van der Waals surface area contributed by atoms with E-state index in [9.17, 15) is 4.79 Å². The number of nitrogens with zero attached hydrogens (tertiary/aromatic N) is 2. The highest BCUT2D eigenvalue weighted by atomic mass is 16.5. The van der Waals surface area contributed by atoms with Gasteiger partial charge in [0, 0.05) is 38.7 Å². The molecular formula is C22H25N3O2. The Balaban J connectivity index is 1.44. The van der Waals surface area contributed by atoms with Crippen LogP contribution >= 0.6 is 0 Å². The number of para-hydroxylation sites is 1. The van der Waals surface area contributed by atoms with Crippen LogP contribution in [0.15, 0.2) is 53.9 Å². The number of anilines is 1. The molecule has 5 nitrogen and oxygen atoms in total. The van der Waals surface area contributed by atoms with Gasteiger partial charge in [0.2, 0.25) is 0 Å². The van der Waals surface area contributed by atoms with Crippen LogP contribution in [-0.2, 0) is 17.8 Å². The van der Waals surface area contributed by atoms with Crippen LogP contribution in [0, 0.1) is 0 Å². The van der Waals surface area contributed by atoms with Crippen molar-refractivity contribution in [1.29, 1.82) is 0 Å². The minimum Gasteiger partial charge on any atom is -0.461 e. The molecule has 1 aromatic carbocycles. The fraction of sp³-hybridized carbons (Fsp3) is 0.364. The maximum absolute atomic E-state index is 12.8. The molecule has 0 atom stereocenters. The molecule has 0 bridgehead atoms. The lowest BCUT2D eigenvalue weighted by Gasteiger charge is -2.22. The van der Waals surface area contributed by atoms with E-state index in [2.05, 4.69) is 21.3 Å². The Hall–Kier alpha value is -2.82. The maximum atomic E-state index is 12.8. The van der Waals surface area contributed by atoms with E-state index < -0.39 is 0 Å². The van der Waals surface area contributed by atoms with Crippen molar-refractivity contribution in [3.05, 3.63) is 65.1 Å². The number of benzene rings is 1. The minimum absolute atomic E-state index is 0.0547. The van der Waals surface area contributed by atoms with E-state index in [-0.39, 0.29) is 5.91 Å². The molecule has 0 unspecified atom stereocenters. The summed E-state index contributed by atoms with van der Waals surface area (Å²) in [5.41, 5.74) is 2.85. The Bertz CT molecular complexity index is 869. The summed E-state index contributed by atoms with van der Waals surface area (Å²) in [7, 11) is 0. The van der Waals surface area contributed by atoms with Crippen LogP contribution in [0.1, 0.15) is 37.3 Å². The van der Waals surface area contributed by atoms with Gasteiger partial charge >= 0.3 is 0 Å². The summed E-state index contributed by atoms with van der Waals surface area (Å²) >= 11 is 0. The summed E-state index contributed by atoms with van der Waals surface area (Å²) in [5, 5.41) is 3.06. The second-order valence-electron chi connectivity index (χ2n) is 7.04. The van der Waals surface area contributed by atoms with Crippen molar-refractivity contribution in [1.82, 2.24) is 10.3 Å². The van der Waals surface area contributed by atoms with Gasteiger partial charge in [0.05, 0.1) is 5.57 Å². The molecule has 1 saturated heterocycles. The normalized spacial score (nSPS) is 16.1. The van der Waals surface area contributed by atoms with Gasteiger partial charge in [-0.25, -0.2) is 4.98 Å². The number of hydrogen-bond acceptors (Lipinski definition) is 4. The van der Waals surface area contributed by atoms with Gasteiger partial charge in [0.25, 0.3) is 5.91 Å². The number of amides is 1. The summed E-state index contributed by atoms with van der Waals surface area (Å²) in [6, 6.07) is 11.9. The largest absolute Gasteiger partial charge is 0.461 e. The van der Waals surface area contributed by atoms with Crippen molar-refractivity contribution >= 4 is 11.7 Å². The fourth-order valence-electron chi connectivity index (χ4n) is 3.70. The molecule has 3 heterocycles. The van der Waals surface area contributed by atoms with Crippen LogP contribution in [0.3, 0.4) is 0 Å². The van der Waals surface area contributed by atoms with Gasteiger partial charge in [-0.3, -0.25) is 4.79 Å². The third-order valence-corrected chi connectivity index (χ3v) is 5.20. The first kappa shape index (κ1) is 17.6. The molecule has 27 heavy (non-hydrogen) atoms. The van der Waals surface area contributed by atoms with Gasteiger partial charge in [-0.15, -0.1) is 0 Å². The number of carbonyl (C=O) groups is 1. The highest BCUT2D eigenvalue weighted by Crippen LogP contribution is 2.31. The lowest BCUT2D eigenvalue weighted by Crippen LogP contribution is -2.29. The van der Waals surface area contributed by atoms with Crippen LogP contribution < -0.4 is 15.0 Å². The zero-order chi connectivity index (χ0) is 18.6. The number of carbonyl (C=O) groups excluding carboxylic acids is 1. The minimum atomic E-state index is -0.0547. The molecular weight excluding hydrogens is 338 g/mol. The van der Waals surface area contributed by atoms with E-state index in [1.54, 1.807) is 0 Å². The molecule has 0 saturated carbocycles. The second kappa shape index (κ2) is 7.82. The molecule has 1 aromatic heterocycles. The highest BCUT2D eigenvalue weighted by molar-refractivity contribution is 5.94. The molecule has 2 aliphatic rings. The van der Waals surface area contributed by atoms with E-state index >= 15 is 0 Å². The average molecular weight is 363 g/mol. The quantitative estimate of drug-likeness (QED) is 0.882. The molecule has 1 amide bonds. The number of aromatic nitrogens is 1. The topological polar surface area (TPSA) is 54.5 Å². The van der Waals surface area contributed by atoms with E-state index in [0.717, 1.165) is 47.1 Å². The van der Waals surface area contributed by atoms with Gasteiger partial charge in [0.15, 0.2) is 0 Å². The van der Waals surface area contributed by atoms with Crippen LogP contribution in [0.25, 0.3) is 0 Å². The Morgan fingerprint density at radius 1 is 1.22 bits per heavy atom. The number of ether oxygens (including phenoxy) is 1. The highest BCUT2D eigenvalue weighted by Gasteiger charge is 2.23. The number of fused-ring (bicyclic) bond motifs is 1. The standard InChI is InChI=1S/C22H25N3O2/c1-2-19-18(14-17-7-3-4-8-20(17)27-19)22(26)24-15-16-9-10-23-21(13-16)25-11-5-6-12-25/h3-4,7-10,13H,2,5-6,11-12,14-15H2,1H3,(H,24,26). The molecule has 2 aromatic rings. The summed E-state index contributed by atoms with van der Waals surface area (Å²) < 4.78 is 5.96. The van der Waals surface area contributed by atoms with Gasteiger partial charge in [0.1, 0.15) is 17.3 Å². The first-order valence-corrected chi connectivity index (χ1v) is 9.70. The lowest BCUT2D eigenvalue weighted by atomic mass is 9.99. The zero-order valence-electron chi connectivity index (χ0n) is 15.7. The molecule has 140 valence electrons. The number of nitrogens with one attached hydrogen (secondary N) is 1. The molecule has 4 rings (SSSR count). The van der Waals surface area contributed by atoms with Gasteiger partial charge in [-0.1, -0.05) is 25.1 Å². The van der Waals surface area contributed by atoms with Crippen molar-refractivity contribution in [3.8, 4) is 5.75 Å². The van der Waals surface area contributed by atoms with Crippen molar-refractivity contribution in [2.24, 2.45) is 0 Å². The predicted molar refractivity (Wildman–Crippen MR) is 106 cm³/mol. The van der Waals surface area contributed by atoms with E-state index in [1.807, 2.05) is 43.5 Å². The Morgan fingerprint density at radius 2 is 2.04 bits per heavy atom. The number of allylic oxidation sites excluding steroid dienone is 1. The molecule has 1 N–H and O–H groups in total. The average Bonchev–Trinajstić information content (AvgIpc) is 3.26. The van der Waals surface area contributed by atoms with E-state index in [1.165, 1.54) is 12.8 Å². The molecule has 0 radical (unpaired) electrons. The summed E-state index contributed by atoms with van der Waals surface area (Å²) in [6.07, 6.45) is 5.58. The second-order valence-corrected chi connectivity index (χ2v) is 7.04. The third kappa shape index (κ3) is 3.82. The Morgan fingerprint density at radius 3 is 2.85 bits per heavy atom. The van der Waals surface area contributed by atoms with Crippen molar-refractivity contribution in [3.63, 3.8) is 0 Å². The first-order valence-electron chi connectivity index (χ1n) is 9.70. The van der Waals surface area contributed by atoms with Crippen molar-refractivity contribution in [2.45, 2.75) is 39.2 Å². The number of pyridine rings is 1. The molecule has 1 fully saturated rings. The third-order valence-electron chi connectivity index (χ3n) is 5.20. The van der Waals surface area contributed by atoms with Gasteiger partial charge in [-0.05, 0) is 42.2 Å². The van der Waals surface area contributed by atoms with Crippen LogP contribution in [-0.4, -0.2) is 24.0 Å². The number of rotatable bonds is 5. The Labute approximate surface area is 160 Å². The predicted octanol–water partition coefficient (Wildman–Crippen LogP) is 3.60. The summed E-state index contributed by atoms with van der Waals surface area (Å²) in [6.45, 7) is 4.63. The monoisotopic (exact) mass is 363 g/mol. The van der Waals surface area contributed by atoms with Crippen molar-refractivity contribution in [2.75, 3.05) is 18.0 Å². The first-order chi connectivity index (χ1) is 13.2. The zero-order valence-corrected chi connectivity index (χ0v) is 15.7. The lowest BCUT2D eigenvalue weighted by molar-refractivity contribution is -0.118. The Kier molecular flexibility index (Phi) is 5.10. The number of hydrogen-bond donors (Lipinski definition) is 1. The van der Waals surface area contributed by atoms with Crippen LogP contribution in [0.5, 0.6) is 5.75 Å². The molecule has 0 aliphatic carbocycles. The summed E-state index contributed by atoms with van der Waals surface area (Å²) in [5.74, 6) is 2.57. The van der Waals surface area contributed by atoms with E-state index in [4.69, 9.17) is 4.74 Å². The van der Waals surface area contributed by atoms with Gasteiger partial charge in [-0.2, -0.15) is 0 Å². The van der Waals surface area contributed by atoms with E-state index in [0.29, 0.717) is 19.4 Å². The van der Waals surface area contributed by atoms with Crippen LogP contribution in [0.4, 0.5) is 5.82 Å². The molecule has 0 spiro atoms. The fourth-order valence-corrected chi connectivity index (χ4v) is 3.70. The molecule has 5 heteroatoms. The SMILES string of the molecule is CCC1=C(C(=O)NCc2ccnc(N3CCCC3)c2)Cc2ccccc2O1. The van der Waals surface area contributed by atoms with Crippen molar-refractivity contribution < 1.29 is 9.53 Å². The smallest absolute Gasteiger partial charge is 0.251 e. The molecule has 2 aliphatic heterocycles. The van der Waals surface area contributed by atoms with Crippen LogP contribution in [0.2, 0.25) is 0 Å². The maximum Gasteiger partial charge on any atom is 0.251 e.